The van der Waals surface area contributed by atoms with Crippen LogP contribution in [-0.4, -0.2) is 47.3 Å². The van der Waals surface area contributed by atoms with E-state index in [1.807, 2.05) is 0 Å². The molecule has 0 fully saturated rings. The van der Waals surface area contributed by atoms with E-state index >= 15 is 0 Å². The van der Waals surface area contributed by atoms with Gasteiger partial charge in [0, 0.05) is 35.5 Å². The molecule has 0 aliphatic heterocycles. The van der Waals surface area contributed by atoms with E-state index in [0.717, 1.165) is 0 Å². The van der Waals surface area contributed by atoms with Crippen molar-refractivity contribution in [1.82, 2.24) is 4.60 Å². The van der Waals surface area contributed by atoms with Gasteiger partial charge >= 0.3 is 0 Å². The fourth-order valence-electron chi connectivity index (χ4n) is 0.797. The number of hydrogen-bond donors (Lipinski definition) is 0. The summed E-state index contributed by atoms with van der Waals surface area (Å²) < 4.78 is 31.3. The highest BCUT2D eigenvalue weighted by atomic mass is 31.2. The largest absolute Gasteiger partial charge is 0.329 e. The number of hydrogen-bond acceptors (Lipinski definition) is 8. The second kappa shape index (κ2) is 10.7. The number of rotatable bonds is 9. The van der Waals surface area contributed by atoms with Crippen molar-refractivity contribution in [2.75, 3.05) is 42.7 Å². The monoisotopic (exact) mass is 308 g/mol. The Morgan fingerprint density at radius 2 is 1.41 bits per heavy atom. The SMILES string of the molecule is CON(P(N=[PH](OC)OC)OC)P(OC)OC. The van der Waals surface area contributed by atoms with Crippen molar-refractivity contribution < 1.29 is 27.5 Å². The van der Waals surface area contributed by atoms with Gasteiger partial charge in [-0.3, -0.25) is 4.84 Å². The molecule has 11 heteroatoms. The summed E-state index contributed by atoms with van der Waals surface area (Å²) in [6, 6.07) is 0. The van der Waals surface area contributed by atoms with Crippen molar-refractivity contribution in [1.29, 1.82) is 0 Å². The Hall–Kier alpha value is 0.810. The summed E-state index contributed by atoms with van der Waals surface area (Å²) in [5.74, 6) is 0. The summed E-state index contributed by atoms with van der Waals surface area (Å²) in [6.45, 7) is 0. The van der Waals surface area contributed by atoms with E-state index in [0.29, 0.717) is 0 Å². The third-order valence-electron chi connectivity index (χ3n) is 1.44. The van der Waals surface area contributed by atoms with Crippen LogP contribution in [0.5, 0.6) is 0 Å². The molecule has 0 radical (unpaired) electrons. The van der Waals surface area contributed by atoms with Crippen molar-refractivity contribution in [3.8, 4) is 0 Å². The van der Waals surface area contributed by atoms with Crippen LogP contribution in [0.2, 0.25) is 0 Å². The molecule has 0 aliphatic rings. The Kier molecular flexibility index (Phi) is 11.2. The second-order valence-corrected chi connectivity index (χ2v) is 7.51. The molecule has 104 valence electrons. The van der Waals surface area contributed by atoms with E-state index in [4.69, 9.17) is 27.5 Å². The highest BCUT2D eigenvalue weighted by Gasteiger charge is 2.30. The molecule has 0 spiro atoms. The molecule has 0 saturated carbocycles. The fourth-order valence-corrected chi connectivity index (χ4v) is 5.17. The summed E-state index contributed by atoms with van der Waals surface area (Å²) in [7, 11) is 4.57. The van der Waals surface area contributed by atoms with Gasteiger partial charge in [-0.1, -0.05) is 0 Å². The summed E-state index contributed by atoms with van der Waals surface area (Å²) in [4.78, 5) is 5.16. The summed E-state index contributed by atoms with van der Waals surface area (Å²) in [6.07, 6.45) is 0. The van der Waals surface area contributed by atoms with Crippen LogP contribution in [0.1, 0.15) is 0 Å². The van der Waals surface area contributed by atoms with Crippen LogP contribution in [0.25, 0.3) is 0 Å². The van der Waals surface area contributed by atoms with Gasteiger partial charge in [0.05, 0.1) is 7.11 Å². The molecule has 0 aromatic heterocycles. The lowest BCUT2D eigenvalue weighted by atomic mass is 11.7. The van der Waals surface area contributed by atoms with E-state index in [1.165, 1.54) is 47.3 Å². The van der Waals surface area contributed by atoms with Gasteiger partial charge in [-0.2, -0.15) is 4.52 Å². The normalized spacial score (nSPS) is 13.7. The van der Waals surface area contributed by atoms with Crippen molar-refractivity contribution in [2.45, 2.75) is 0 Å². The van der Waals surface area contributed by atoms with Gasteiger partial charge in [-0.05, 0) is 4.60 Å². The van der Waals surface area contributed by atoms with Gasteiger partial charge in [0.15, 0.2) is 0 Å². The molecular weight excluding hydrogens is 289 g/mol. The molecular formula is C6H19N2O6P3. The molecule has 0 saturated heterocycles. The van der Waals surface area contributed by atoms with Gasteiger partial charge in [-0.25, -0.2) is 0 Å². The van der Waals surface area contributed by atoms with Crippen molar-refractivity contribution in [3.63, 3.8) is 0 Å². The van der Waals surface area contributed by atoms with E-state index in [-0.39, 0.29) is 0 Å². The zero-order valence-electron chi connectivity index (χ0n) is 10.7. The Morgan fingerprint density at radius 3 is 1.71 bits per heavy atom. The molecule has 0 bridgehead atoms. The first-order valence-corrected chi connectivity index (χ1v) is 7.97. The van der Waals surface area contributed by atoms with Crippen molar-refractivity contribution in [2.24, 2.45) is 4.52 Å². The minimum absolute atomic E-state index is 1.38. The minimum Gasteiger partial charge on any atom is -0.329 e. The lowest BCUT2D eigenvalue weighted by Gasteiger charge is -2.27. The smallest absolute Gasteiger partial charge is 0.291 e. The summed E-state index contributed by atoms with van der Waals surface area (Å²) in [5, 5.41) is 0. The van der Waals surface area contributed by atoms with Gasteiger partial charge in [0.2, 0.25) is 8.17 Å². The van der Waals surface area contributed by atoms with Crippen molar-refractivity contribution >= 4 is 25.1 Å². The van der Waals surface area contributed by atoms with Crippen LogP contribution in [-0.2, 0) is 27.5 Å². The summed E-state index contributed by atoms with van der Waals surface area (Å²) >= 11 is 0. The van der Waals surface area contributed by atoms with E-state index in [2.05, 4.69) is 4.52 Å². The average Bonchev–Trinajstić information content (AvgIpc) is 2.38. The van der Waals surface area contributed by atoms with Gasteiger partial charge in [-0.15, -0.1) is 0 Å². The second-order valence-electron chi connectivity index (χ2n) is 2.25. The third kappa shape index (κ3) is 5.99. The van der Waals surface area contributed by atoms with Crippen LogP contribution in [0.15, 0.2) is 4.52 Å². The molecule has 0 aliphatic carbocycles. The van der Waals surface area contributed by atoms with Gasteiger partial charge < -0.3 is 22.6 Å². The molecule has 0 N–H and O–H groups in total. The van der Waals surface area contributed by atoms with Crippen LogP contribution in [0.3, 0.4) is 0 Å². The first-order valence-electron chi connectivity index (χ1n) is 4.41. The highest BCUT2D eigenvalue weighted by Crippen LogP contribution is 2.60. The van der Waals surface area contributed by atoms with Crippen LogP contribution in [0, 0.1) is 0 Å². The van der Waals surface area contributed by atoms with Crippen LogP contribution >= 0.6 is 25.1 Å². The molecule has 0 amide bonds. The highest BCUT2D eigenvalue weighted by molar-refractivity contribution is 7.65. The lowest BCUT2D eigenvalue weighted by molar-refractivity contribution is 0.00514. The number of nitrogens with zero attached hydrogens (tertiary/aromatic N) is 2. The predicted molar refractivity (Wildman–Crippen MR) is 68.5 cm³/mol. The fraction of sp³-hybridized carbons (Fsp3) is 1.00. The third-order valence-corrected chi connectivity index (χ3v) is 6.22. The van der Waals surface area contributed by atoms with E-state index in [1.54, 1.807) is 0 Å². The topological polar surface area (TPSA) is 71.0 Å². The first kappa shape index (κ1) is 17.8. The molecule has 0 aromatic rings. The Bertz CT molecular complexity index is 224. The maximum Gasteiger partial charge on any atom is 0.291 e. The van der Waals surface area contributed by atoms with Gasteiger partial charge in [0.1, 0.15) is 0 Å². The van der Waals surface area contributed by atoms with E-state index < -0.39 is 25.1 Å². The molecule has 1 unspecified atom stereocenters. The lowest BCUT2D eigenvalue weighted by Crippen LogP contribution is -2.12. The minimum atomic E-state index is -1.73. The molecule has 0 aromatic carbocycles. The standard InChI is InChI=1S/C6H19N2O6P3/c1-9-8(17(13-5)14-6)15(10-2)7-16(11-3)12-4/h16H,1-6H3. The quantitative estimate of drug-likeness (QED) is 0.479. The Morgan fingerprint density at radius 1 is 0.882 bits per heavy atom. The maximum absolute atomic E-state index is 5.24. The predicted octanol–water partition coefficient (Wildman–Crippen LogP) is 2.76. The molecule has 0 rings (SSSR count). The van der Waals surface area contributed by atoms with Crippen LogP contribution < -0.4 is 0 Å². The van der Waals surface area contributed by atoms with Crippen molar-refractivity contribution in [3.05, 3.63) is 0 Å². The van der Waals surface area contributed by atoms with E-state index in [9.17, 15) is 0 Å². The maximum atomic E-state index is 5.24. The zero-order chi connectivity index (χ0) is 13.3. The zero-order valence-corrected chi connectivity index (χ0v) is 13.5. The molecule has 1 atom stereocenters. The molecule has 17 heavy (non-hydrogen) atoms. The first-order chi connectivity index (χ1) is 8.18. The Labute approximate surface area is 105 Å². The molecule has 8 nitrogen and oxygen atoms in total. The summed E-state index contributed by atoms with van der Waals surface area (Å²) in [5.41, 5.74) is 0. The Balaban J connectivity index is 4.85. The van der Waals surface area contributed by atoms with Gasteiger partial charge in [0.25, 0.3) is 17.0 Å². The van der Waals surface area contributed by atoms with Crippen LogP contribution in [0.4, 0.5) is 0 Å². The average molecular weight is 308 g/mol. The molecule has 0 heterocycles.